The van der Waals surface area contributed by atoms with Gasteiger partial charge < -0.3 is 4.74 Å². The van der Waals surface area contributed by atoms with Crippen LogP contribution < -0.4 is 0 Å². The number of benzene rings is 1. The largest absolute Gasteiger partial charge is 0.460 e. The summed E-state index contributed by atoms with van der Waals surface area (Å²) in [5, 5.41) is 0. The number of hydrogen-bond acceptors (Lipinski definition) is 3. The summed E-state index contributed by atoms with van der Waals surface area (Å²) in [6.45, 7) is 5.50. The van der Waals surface area contributed by atoms with E-state index in [-0.39, 0.29) is 12.4 Å². The van der Waals surface area contributed by atoms with E-state index in [0.717, 1.165) is 5.56 Å². The van der Waals surface area contributed by atoms with E-state index in [1.54, 1.807) is 13.0 Å². The summed E-state index contributed by atoms with van der Waals surface area (Å²) in [6.07, 6.45) is 2.24. The lowest BCUT2D eigenvalue weighted by atomic mass is 9.98. The molecule has 1 aromatic carbocycles. The van der Waals surface area contributed by atoms with Crippen LogP contribution in [-0.2, 0) is 20.9 Å². The van der Waals surface area contributed by atoms with E-state index in [4.69, 9.17) is 4.74 Å². The molecule has 0 saturated carbocycles. The van der Waals surface area contributed by atoms with Crippen LogP contribution in [0.3, 0.4) is 0 Å². The molecule has 0 heterocycles. The molecular weight excluding hydrogens is 228 g/mol. The number of esters is 1. The van der Waals surface area contributed by atoms with Crippen molar-refractivity contribution in [3.8, 4) is 0 Å². The zero-order valence-electron chi connectivity index (χ0n) is 10.6. The molecule has 0 saturated heterocycles. The van der Waals surface area contributed by atoms with Gasteiger partial charge in [-0.25, -0.2) is 0 Å². The standard InChI is InChI=1S/C15H18O3/c1-3-8-13(14(16)4-2)15(17)18-11-12-9-6-5-7-10-12/h3,5-7,9-10,13H,1,4,8,11H2,2H3/t13-/m1/s1. The molecule has 0 aliphatic heterocycles. The average Bonchev–Trinajstić information content (AvgIpc) is 2.42. The normalized spacial score (nSPS) is 11.6. The third-order valence-corrected chi connectivity index (χ3v) is 2.65. The van der Waals surface area contributed by atoms with Crippen LogP contribution in [0.1, 0.15) is 25.3 Å². The minimum Gasteiger partial charge on any atom is -0.460 e. The first kappa shape index (κ1) is 14.2. The summed E-state index contributed by atoms with van der Waals surface area (Å²) in [4.78, 5) is 23.4. The topological polar surface area (TPSA) is 43.4 Å². The summed E-state index contributed by atoms with van der Waals surface area (Å²) in [5.41, 5.74) is 0.909. The first-order valence-electron chi connectivity index (χ1n) is 6.03. The van der Waals surface area contributed by atoms with Gasteiger partial charge in [0.1, 0.15) is 18.3 Å². The summed E-state index contributed by atoms with van der Waals surface area (Å²) >= 11 is 0. The number of carbonyl (C=O) groups is 2. The lowest BCUT2D eigenvalue weighted by Gasteiger charge is -2.12. The Morgan fingerprint density at radius 2 is 2.00 bits per heavy atom. The van der Waals surface area contributed by atoms with Gasteiger partial charge >= 0.3 is 5.97 Å². The van der Waals surface area contributed by atoms with Gasteiger partial charge in [0.05, 0.1) is 0 Å². The third-order valence-electron chi connectivity index (χ3n) is 2.65. The van der Waals surface area contributed by atoms with Crippen molar-refractivity contribution in [3.05, 3.63) is 48.6 Å². The van der Waals surface area contributed by atoms with Gasteiger partial charge in [-0.05, 0) is 12.0 Å². The van der Waals surface area contributed by atoms with Gasteiger partial charge in [-0.3, -0.25) is 9.59 Å². The lowest BCUT2D eigenvalue weighted by molar-refractivity contribution is -0.153. The summed E-state index contributed by atoms with van der Waals surface area (Å²) in [7, 11) is 0. The SMILES string of the molecule is C=CC[C@H](C(=O)CC)C(=O)OCc1ccccc1. The molecule has 0 N–H and O–H groups in total. The van der Waals surface area contributed by atoms with E-state index < -0.39 is 11.9 Å². The average molecular weight is 246 g/mol. The molecule has 0 amide bonds. The molecule has 0 aliphatic rings. The Kier molecular flexibility index (Phi) is 5.85. The highest BCUT2D eigenvalue weighted by molar-refractivity contribution is 5.98. The van der Waals surface area contributed by atoms with E-state index in [0.29, 0.717) is 12.8 Å². The highest BCUT2D eigenvalue weighted by Gasteiger charge is 2.25. The molecule has 3 heteroatoms. The molecule has 0 unspecified atom stereocenters. The fourth-order valence-corrected chi connectivity index (χ4v) is 1.60. The maximum atomic E-state index is 11.8. The maximum absolute atomic E-state index is 11.8. The lowest BCUT2D eigenvalue weighted by Crippen LogP contribution is -2.25. The van der Waals surface area contributed by atoms with Gasteiger partial charge in [0, 0.05) is 6.42 Å². The van der Waals surface area contributed by atoms with Crippen molar-refractivity contribution in [1.82, 2.24) is 0 Å². The Morgan fingerprint density at radius 3 is 2.56 bits per heavy atom. The highest BCUT2D eigenvalue weighted by Crippen LogP contribution is 2.12. The summed E-state index contributed by atoms with van der Waals surface area (Å²) in [5.74, 6) is -1.28. The monoisotopic (exact) mass is 246 g/mol. The molecule has 1 atom stereocenters. The number of hydrogen-bond donors (Lipinski definition) is 0. The molecule has 1 aromatic rings. The molecule has 0 aliphatic carbocycles. The van der Waals surface area contributed by atoms with E-state index in [1.165, 1.54) is 0 Å². The molecule has 0 spiro atoms. The van der Waals surface area contributed by atoms with Crippen LogP contribution in [0.2, 0.25) is 0 Å². The van der Waals surface area contributed by atoms with Crippen LogP contribution in [-0.4, -0.2) is 11.8 Å². The van der Waals surface area contributed by atoms with Gasteiger partial charge in [0.15, 0.2) is 0 Å². The Labute approximate surface area is 107 Å². The second-order valence-electron chi connectivity index (χ2n) is 3.99. The zero-order chi connectivity index (χ0) is 13.4. The van der Waals surface area contributed by atoms with Crippen LogP contribution >= 0.6 is 0 Å². The molecule has 0 fully saturated rings. The number of ketones is 1. The maximum Gasteiger partial charge on any atom is 0.317 e. The highest BCUT2D eigenvalue weighted by atomic mass is 16.5. The second-order valence-corrected chi connectivity index (χ2v) is 3.99. The second kappa shape index (κ2) is 7.43. The molecule has 0 radical (unpaired) electrons. The van der Waals surface area contributed by atoms with Crippen molar-refractivity contribution in [2.75, 3.05) is 0 Å². The van der Waals surface area contributed by atoms with Gasteiger partial charge in [-0.2, -0.15) is 0 Å². The Morgan fingerprint density at radius 1 is 1.33 bits per heavy atom. The quantitative estimate of drug-likeness (QED) is 0.422. The summed E-state index contributed by atoms with van der Waals surface area (Å²) in [6, 6.07) is 9.39. The predicted molar refractivity (Wildman–Crippen MR) is 69.8 cm³/mol. The number of ether oxygens (including phenoxy) is 1. The molecule has 1 rings (SSSR count). The van der Waals surface area contributed by atoms with Crippen molar-refractivity contribution in [1.29, 1.82) is 0 Å². The van der Waals surface area contributed by atoms with Gasteiger partial charge in [-0.15, -0.1) is 6.58 Å². The molecule has 0 bridgehead atoms. The van der Waals surface area contributed by atoms with E-state index >= 15 is 0 Å². The number of carbonyl (C=O) groups excluding carboxylic acids is 2. The van der Waals surface area contributed by atoms with Gasteiger partial charge in [0.2, 0.25) is 0 Å². The van der Waals surface area contributed by atoms with Crippen molar-refractivity contribution in [2.45, 2.75) is 26.4 Å². The Hall–Kier alpha value is -1.90. The fraction of sp³-hybridized carbons (Fsp3) is 0.333. The third kappa shape index (κ3) is 4.17. The predicted octanol–water partition coefficient (Wildman–Crippen LogP) is 2.90. The minimum atomic E-state index is -0.712. The minimum absolute atomic E-state index is 0.104. The van der Waals surface area contributed by atoms with Crippen molar-refractivity contribution in [2.24, 2.45) is 5.92 Å². The Balaban J connectivity index is 2.56. The van der Waals surface area contributed by atoms with Crippen molar-refractivity contribution >= 4 is 11.8 Å². The molecule has 0 aromatic heterocycles. The van der Waals surface area contributed by atoms with Crippen LogP contribution in [0.25, 0.3) is 0 Å². The first-order chi connectivity index (χ1) is 8.69. The Bertz CT molecular complexity index is 409. The molecule has 3 nitrogen and oxygen atoms in total. The van der Waals surface area contributed by atoms with E-state index in [1.807, 2.05) is 30.3 Å². The first-order valence-corrected chi connectivity index (χ1v) is 6.03. The number of allylic oxidation sites excluding steroid dienone is 1. The van der Waals surface area contributed by atoms with Gasteiger partial charge in [0.25, 0.3) is 0 Å². The summed E-state index contributed by atoms with van der Waals surface area (Å²) < 4.78 is 5.16. The van der Waals surface area contributed by atoms with Crippen molar-refractivity contribution < 1.29 is 14.3 Å². The van der Waals surface area contributed by atoms with Crippen LogP contribution in [0.15, 0.2) is 43.0 Å². The van der Waals surface area contributed by atoms with Gasteiger partial charge in [-0.1, -0.05) is 43.3 Å². The number of rotatable bonds is 7. The molecule has 18 heavy (non-hydrogen) atoms. The van der Waals surface area contributed by atoms with Crippen LogP contribution in [0, 0.1) is 5.92 Å². The van der Waals surface area contributed by atoms with Crippen molar-refractivity contribution in [3.63, 3.8) is 0 Å². The molecular formula is C15H18O3. The van der Waals surface area contributed by atoms with E-state index in [9.17, 15) is 9.59 Å². The van der Waals surface area contributed by atoms with Crippen LogP contribution in [0.4, 0.5) is 0 Å². The van der Waals surface area contributed by atoms with E-state index in [2.05, 4.69) is 6.58 Å². The van der Waals surface area contributed by atoms with Crippen LogP contribution in [0.5, 0.6) is 0 Å². The number of Topliss-reactive ketones (excluding diaryl/α,β-unsaturated/α-hetero) is 1. The fourth-order valence-electron chi connectivity index (χ4n) is 1.60. The zero-order valence-corrected chi connectivity index (χ0v) is 10.6. The smallest absolute Gasteiger partial charge is 0.317 e. The molecule has 96 valence electrons.